The highest BCUT2D eigenvalue weighted by Gasteiger charge is 2.27. The molecule has 3 aromatic rings. The Morgan fingerprint density at radius 3 is 2.37 bits per heavy atom. The Hall–Kier alpha value is -2.74. The number of hydrogen-bond acceptors (Lipinski definition) is 7. The van der Waals surface area contributed by atoms with Gasteiger partial charge in [-0.3, -0.25) is 4.90 Å². The molecule has 0 atom stereocenters. The standard InChI is InChI=1S/C30H37ClN6O/c31-28-17-25(11-14-32-28)35-30-33-18-27(29(36-30)34-24-7-9-26(38)10-8-24)23-12-15-37(16-13-23)19-20-1-3-21(4-2-20)22-5-6-22/h1-4,11,14,17-18,22-24,26,38H,5-10,12-13,15-16,19H2,(H2,32,33,34,35,36). The predicted octanol–water partition coefficient (Wildman–Crippen LogP) is 6.24. The average Bonchev–Trinajstić information content (AvgIpc) is 3.77. The summed E-state index contributed by atoms with van der Waals surface area (Å²) in [4.78, 5) is 16.2. The molecule has 2 aromatic heterocycles. The molecule has 2 aliphatic carbocycles. The summed E-state index contributed by atoms with van der Waals surface area (Å²) in [5, 5.41) is 17.4. The maximum atomic E-state index is 9.97. The number of nitrogens with zero attached hydrogens (tertiary/aromatic N) is 4. The number of aromatic nitrogens is 3. The largest absolute Gasteiger partial charge is 0.393 e. The van der Waals surface area contributed by atoms with Gasteiger partial charge in [0.05, 0.1) is 6.10 Å². The molecule has 0 spiro atoms. The zero-order chi connectivity index (χ0) is 25.9. The lowest BCUT2D eigenvalue weighted by Gasteiger charge is -2.33. The lowest BCUT2D eigenvalue weighted by atomic mass is 9.89. The van der Waals surface area contributed by atoms with Crippen molar-refractivity contribution in [1.29, 1.82) is 0 Å². The van der Waals surface area contributed by atoms with Crippen LogP contribution in [0.5, 0.6) is 0 Å². The molecule has 0 radical (unpaired) electrons. The Morgan fingerprint density at radius 1 is 0.895 bits per heavy atom. The predicted molar refractivity (Wildman–Crippen MR) is 152 cm³/mol. The van der Waals surface area contributed by atoms with Crippen LogP contribution in [0.3, 0.4) is 0 Å². The molecule has 8 heteroatoms. The van der Waals surface area contributed by atoms with Crippen molar-refractivity contribution in [2.75, 3.05) is 23.7 Å². The van der Waals surface area contributed by atoms with E-state index in [1.807, 2.05) is 12.3 Å². The first-order valence-electron chi connectivity index (χ1n) is 14.1. The van der Waals surface area contributed by atoms with Crippen LogP contribution in [0.2, 0.25) is 5.15 Å². The first kappa shape index (κ1) is 25.5. The number of hydrogen-bond donors (Lipinski definition) is 3. The number of pyridine rings is 1. The summed E-state index contributed by atoms with van der Waals surface area (Å²) in [5.74, 6) is 2.69. The second-order valence-corrected chi connectivity index (χ2v) is 11.6. The molecule has 2 saturated carbocycles. The van der Waals surface area contributed by atoms with Crippen molar-refractivity contribution < 1.29 is 5.11 Å². The molecule has 3 N–H and O–H groups in total. The Bertz CT molecular complexity index is 1220. The lowest BCUT2D eigenvalue weighted by Crippen LogP contribution is -2.33. The summed E-state index contributed by atoms with van der Waals surface area (Å²) in [7, 11) is 0. The zero-order valence-corrected chi connectivity index (χ0v) is 22.6. The average molecular weight is 533 g/mol. The number of benzene rings is 1. The molecule has 0 amide bonds. The summed E-state index contributed by atoms with van der Waals surface area (Å²) >= 11 is 6.07. The van der Waals surface area contributed by atoms with Gasteiger partial charge in [-0.25, -0.2) is 9.97 Å². The van der Waals surface area contributed by atoms with Gasteiger partial charge in [0.1, 0.15) is 11.0 Å². The van der Waals surface area contributed by atoms with Crippen molar-refractivity contribution >= 4 is 29.1 Å². The smallest absolute Gasteiger partial charge is 0.229 e. The Kier molecular flexibility index (Phi) is 7.77. The Labute approximate surface area is 230 Å². The van der Waals surface area contributed by atoms with E-state index >= 15 is 0 Å². The van der Waals surface area contributed by atoms with Gasteiger partial charge in [0, 0.05) is 36.2 Å². The third-order valence-corrected chi connectivity index (χ3v) is 8.51. The molecule has 0 bridgehead atoms. The van der Waals surface area contributed by atoms with E-state index in [2.05, 4.69) is 49.8 Å². The first-order chi connectivity index (χ1) is 18.6. The van der Waals surface area contributed by atoms with E-state index in [4.69, 9.17) is 16.6 Å². The summed E-state index contributed by atoms with van der Waals surface area (Å²) in [5.41, 5.74) is 4.92. The van der Waals surface area contributed by atoms with Crippen molar-refractivity contribution in [2.24, 2.45) is 0 Å². The molecule has 0 unspecified atom stereocenters. The summed E-state index contributed by atoms with van der Waals surface area (Å²) in [6, 6.07) is 13.2. The lowest BCUT2D eigenvalue weighted by molar-refractivity contribution is 0.126. The number of nitrogens with one attached hydrogen (secondary N) is 2. The SMILES string of the molecule is OC1CCC(Nc2nc(Nc3ccnc(Cl)c3)ncc2C2CCN(Cc3ccc(C4CC4)cc3)CC2)CC1. The van der Waals surface area contributed by atoms with Gasteiger partial charge in [0.15, 0.2) is 0 Å². The second kappa shape index (κ2) is 11.6. The highest BCUT2D eigenvalue weighted by Crippen LogP contribution is 2.40. The van der Waals surface area contributed by atoms with Crippen molar-refractivity contribution in [3.8, 4) is 0 Å². The molecular formula is C30H37ClN6O. The highest BCUT2D eigenvalue weighted by molar-refractivity contribution is 6.29. The maximum absolute atomic E-state index is 9.97. The van der Waals surface area contributed by atoms with E-state index in [-0.39, 0.29) is 6.10 Å². The van der Waals surface area contributed by atoms with Crippen LogP contribution in [0.25, 0.3) is 0 Å². The van der Waals surface area contributed by atoms with E-state index in [1.165, 1.54) is 29.5 Å². The van der Waals surface area contributed by atoms with Gasteiger partial charge < -0.3 is 15.7 Å². The zero-order valence-electron chi connectivity index (χ0n) is 21.8. The molecule has 200 valence electrons. The van der Waals surface area contributed by atoms with Crippen LogP contribution in [0, 0.1) is 0 Å². The minimum Gasteiger partial charge on any atom is -0.393 e. The molecule has 38 heavy (non-hydrogen) atoms. The maximum Gasteiger partial charge on any atom is 0.229 e. The van der Waals surface area contributed by atoms with Gasteiger partial charge in [0.2, 0.25) is 5.95 Å². The molecule has 1 aliphatic heterocycles. The van der Waals surface area contributed by atoms with Crippen LogP contribution < -0.4 is 10.6 Å². The van der Waals surface area contributed by atoms with Gasteiger partial charge in [-0.15, -0.1) is 0 Å². The van der Waals surface area contributed by atoms with Gasteiger partial charge >= 0.3 is 0 Å². The normalized spacial score (nSPS) is 22.8. The fourth-order valence-electron chi connectivity index (χ4n) is 5.86. The summed E-state index contributed by atoms with van der Waals surface area (Å²) in [6.45, 7) is 3.15. The molecule has 1 saturated heterocycles. The van der Waals surface area contributed by atoms with Crippen LogP contribution in [0.4, 0.5) is 17.5 Å². The minimum absolute atomic E-state index is 0.180. The number of halogens is 1. The van der Waals surface area contributed by atoms with Crippen LogP contribution in [-0.4, -0.2) is 50.2 Å². The number of aliphatic hydroxyl groups is 1. The van der Waals surface area contributed by atoms with Crippen molar-refractivity contribution in [3.05, 3.63) is 70.6 Å². The molecule has 3 heterocycles. The fourth-order valence-corrected chi connectivity index (χ4v) is 6.03. The van der Waals surface area contributed by atoms with E-state index in [9.17, 15) is 5.11 Å². The molecule has 7 nitrogen and oxygen atoms in total. The van der Waals surface area contributed by atoms with E-state index < -0.39 is 0 Å². The molecule has 6 rings (SSSR count). The van der Waals surface area contributed by atoms with E-state index in [0.717, 1.165) is 75.6 Å². The third kappa shape index (κ3) is 6.45. The van der Waals surface area contributed by atoms with Gasteiger partial charge in [-0.1, -0.05) is 35.9 Å². The van der Waals surface area contributed by atoms with Crippen molar-refractivity contribution in [3.63, 3.8) is 0 Å². The Morgan fingerprint density at radius 2 is 1.66 bits per heavy atom. The quantitative estimate of drug-likeness (QED) is 0.296. The fraction of sp³-hybridized carbons (Fsp3) is 0.500. The van der Waals surface area contributed by atoms with Gasteiger partial charge in [-0.05, 0) is 99.6 Å². The topological polar surface area (TPSA) is 86.2 Å². The molecule has 3 aliphatic rings. The highest BCUT2D eigenvalue weighted by atomic mass is 35.5. The number of anilines is 3. The van der Waals surface area contributed by atoms with Crippen LogP contribution in [0.1, 0.15) is 79.9 Å². The van der Waals surface area contributed by atoms with Gasteiger partial charge in [-0.2, -0.15) is 4.98 Å². The monoisotopic (exact) mass is 532 g/mol. The van der Waals surface area contributed by atoms with Crippen molar-refractivity contribution in [1.82, 2.24) is 19.9 Å². The summed E-state index contributed by atoms with van der Waals surface area (Å²) < 4.78 is 0. The van der Waals surface area contributed by atoms with Crippen LogP contribution in [-0.2, 0) is 6.54 Å². The summed E-state index contributed by atoms with van der Waals surface area (Å²) in [6.07, 6.45) is 11.9. The van der Waals surface area contributed by atoms with E-state index in [0.29, 0.717) is 23.1 Å². The number of likely N-dealkylation sites (tertiary alicyclic amines) is 1. The third-order valence-electron chi connectivity index (χ3n) is 8.30. The minimum atomic E-state index is -0.180. The molecule has 1 aromatic carbocycles. The van der Waals surface area contributed by atoms with Gasteiger partial charge in [0.25, 0.3) is 0 Å². The number of piperidine rings is 1. The Balaban J connectivity index is 1.13. The van der Waals surface area contributed by atoms with Crippen molar-refractivity contribution in [2.45, 2.75) is 81.9 Å². The van der Waals surface area contributed by atoms with Crippen LogP contribution >= 0.6 is 11.6 Å². The molecular weight excluding hydrogens is 496 g/mol. The first-order valence-corrected chi connectivity index (χ1v) is 14.5. The number of aliphatic hydroxyl groups excluding tert-OH is 1. The van der Waals surface area contributed by atoms with Crippen LogP contribution in [0.15, 0.2) is 48.8 Å². The molecule has 3 fully saturated rings. The van der Waals surface area contributed by atoms with E-state index in [1.54, 1.807) is 12.3 Å². The number of rotatable bonds is 8. The second-order valence-electron chi connectivity index (χ2n) is 11.2.